The van der Waals surface area contributed by atoms with E-state index in [0.717, 1.165) is 13.0 Å². The number of nitro benzene ring substituents is 1. The van der Waals surface area contributed by atoms with Gasteiger partial charge in [-0.3, -0.25) is 10.1 Å². The fourth-order valence-corrected chi connectivity index (χ4v) is 1.76. The predicted molar refractivity (Wildman–Crippen MR) is 80.3 cm³/mol. The molecule has 0 N–H and O–H groups in total. The van der Waals surface area contributed by atoms with Crippen LogP contribution in [0.3, 0.4) is 0 Å². The molecule has 0 radical (unpaired) electrons. The van der Waals surface area contributed by atoms with Crippen molar-refractivity contribution in [2.75, 3.05) is 0 Å². The van der Waals surface area contributed by atoms with Gasteiger partial charge in [-0.1, -0.05) is 13.8 Å². The van der Waals surface area contributed by atoms with Gasteiger partial charge in [0, 0.05) is 0 Å². The lowest BCUT2D eigenvalue weighted by molar-refractivity contribution is -0.385. The SMILES string of the molecule is CC.Cc1cc(Oc2c(F)cc([N+](=O)[O-])c(C)c2F)ccc1F. The largest absolute Gasteiger partial charge is 0.451 e. The normalized spacial score (nSPS) is 9.87. The Bertz CT molecular complexity index is 733. The van der Waals surface area contributed by atoms with E-state index in [4.69, 9.17) is 4.74 Å². The molecule has 0 amide bonds. The van der Waals surface area contributed by atoms with Gasteiger partial charge in [0.15, 0.2) is 17.4 Å². The van der Waals surface area contributed by atoms with E-state index in [1.807, 2.05) is 13.8 Å². The fraction of sp³-hybridized carbons (Fsp3) is 0.250. The highest BCUT2D eigenvalue weighted by Gasteiger charge is 2.24. The number of nitrogens with zero attached hydrogens (tertiary/aromatic N) is 1. The van der Waals surface area contributed by atoms with Gasteiger partial charge in [-0.15, -0.1) is 0 Å². The van der Waals surface area contributed by atoms with E-state index < -0.39 is 33.8 Å². The van der Waals surface area contributed by atoms with Gasteiger partial charge in [0.05, 0.1) is 16.6 Å². The molecule has 0 atom stereocenters. The fourth-order valence-electron chi connectivity index (χ4n) is 1.76. The van der Waals surface area contributed by atoms with Crippen molar-refractivity contribution < 1.29 is 22.8 Å². The second kappa shape index (κ2) is 7.62. The van der Waals surface area contributed by atoms with E-state index in [9.17, 15) is 23.3 Å². The zero-order chi connectivity index (χ0) is 17.7. The van der Waals surface area contributed by atoms with Crippen molar-refractivity contribution in [3.63, 3.8) is 0 Å². The zero-order valence-corrected chi connectivity index (χ0v) is 13.1. The summed E-state index contributed by atoms with van der Waals surface area (Å²) in [5.74, 6) is -3.58. The monoisotopic (exact) mass is 327 g/mol. The highest BCUT2D eigenvalue weighted by atomic mass is 19.1. The minimum absolute atomic E-state index is 0.0277. The number of halogens is 3. The summed E-state index contributed by atoms with van der Waals surface area (Å²) in [5, 5.41) is 10.7. The lowest BCUT2D eigenvalue weighted by atomic mass is 10.1. The molecule has 4 nitrogen and oxygen atoms in total. The summed E-state index contributed by atoms with van der Waals surface area (Å²) in [5.41, 5.74) is -0.769. The molecule has 0 aromatic heterocycles. The maximum atomic E-state index is 14.0. The van der Waals surface area contributed by atoms with Crippen LogP contribution in [0.1, 0.15) is 25.0 Å². The first-order valence-electron chi connectivity index (χ1n) is 6.88. The number of hydrogen-bond donors (Lipinski definition) is 0. The third-order valence-electron chi connectivity index (χ3n) is 2.94. The molecule has 2 aromatic carbocycles. The van der Waals surface area contributed by atoms with Crippen LogP contribution >= 0.6 is 0 Å². The Balaban J connectivity index is 0.00000127. The number of ether oxygens (including phenoxy) is 1. The third kappa shape index (κ3) is 4.00. The molecular weight excluding hydrogens is 311 g/mol. The average molecular weight is 327 g/mol. The van der Waals surface area contributed by atoms with Crippen LogP contribution in [0.25, 0.3) is 0 Å². The smallest absolute Gasteiger partial charge is 0.278 e. The van der Waals surface area contributed by atoms with E-state index in [1.165, 1.54) is 19.1 Å². The quantitative estimate of drug-likeness (QED) is 0.556. The van der Waals surface area contributed by atoms with E-state index in [1.54, 1.807) is 0 Å². The van der Waals surface area contributed by atoms with Gasteiger partial charge in [-0.25, -0.2) is 13.2 Å². The van der Waals surface area contributed by atoms with Crippen LogP contribution in [0.2, 0.25) is 0 Å². The first-order chi connectivity index (χ1) is 10.8. The van der Waals surface area contributed by atoms with Crippen molar-refractivity contribution in [1.82, 2.24) is 0 Å². The van der Waals surface area contributed by atoms with Crippen molar-refractivity contribution in [1.29, 1.82) is 0 Å². The summed E-state index contributed by atoms with van der Waals surface area (Å²) in [4.78, 5) is 9.79. The number of benzene rings is 2. The van der Waals surface area contributed by atoms with Gasteiger partial charge < -0.3 is 4.74 Å². The van der Waals surface area contributed by atoms with E-state index in [2.05, 4.69) is 0 Å². The van der Waals surface area contributed by atoms with E-state index >= 15 is 0 Å². The summed E-state index contributed by atoms with van der Waals surface area (Å²) in [6, 6.07) is 4.16. The molecule has 0 heterocycles. The minimum Gasteiger partial charge on any atom is -0.451 e. The molecule has 0 aliphatic rings. The molecular formula is C16H16F3NO3. The number of nitro groups is 1. The molecule has 0 unspecified atom stereocenters. The third-order valence-corrected chi connectivity index (χ3v) is 2.94. The molecule has 7 heteroatoms. The van der Waals surface area contributed by atoms with Gasteiger partial charge in [0.25, 0.3) is 5.69 Å². The summed E-state index contributed by atoms with van der Waals surface area (Å²) < 4.78 is 46.0. The van der Waals surface area contributed by atoms with Crippen molar-refractivity contribution in [3.8, 4) is 11.5 Å². The molecule has 23 heavy (non-hydrogen) atoms. The van der Waals surface area contributed by atoms with Gasteiger partial charge >= 0.3 is 0 Å². The highest BCUT2D eigenvalue weighted by Crippen LogP contribution is 2.34. The van der Waals surface area contributed by atoms with Crippen molar-refractivity contribution in [2.45, 2.75) is 27.7 Å². The minimum atomic E-state index is -1.20. The first-order valence-corrected chi connectivity index (χ1v) is 6.88. The molecule has 124 valence electrons. The Morgan fingerprint density at radius 2 is 1.65 bits per heavy atom. The van der Waals surface area contributed by atoms with Gasteiger partial charge in [0.2, 0.25) is 0 Å². The number of hydrogen-bond acceptors (Lipinski definition) is 3. The van der Waals surface area contributed by atoms with Gasteiger partial charge in [-0.2, -0.15) is 0 Å². The zero-order valence-electron chi connectivity index (χ0n) is 13.1. The van der Waals surface area contributed by atoms with Crippen LogP contribution in [0.4, 0.5) is 18.9 Å². The molecule has 0 aliphatic heterocycles. The first kappa shape index (κ1) is 18.5. The Hall–Kier alpha value is -2.57. The second-order valence-corrected chi connectivity index (χ2v) is 4.42. The average Bonchev–Trinajstić information content (AvgIpc) is 2.52. The predicted octanol–water partition coefficient (Wildman–Crippen LogP) is 5.45. The summed E-state index contributed by atoms with van der Waals surface area (Å²) in [6.45, 7) is 6.62. The Morgan fingerprint density at radius 3 is 2.17 bits per heavy atom. The molecule has 0 bridgehead atoms. The Morgan fingerprint density at radius 1 is 1.04 bits per heavy atom. The highest BCUT2D eigenvalue weighted by molar-refractivity contribution is 5.48. The van der Waals surface area contributed by atoms with Gasteiger partial charge in [0.1, 0.15) is 11.6 Å². The Kier molecular flexibility index (Phi) is 6.12. The molecule has 0 aliphatic carbocycles. The summed E-state index contributed by atoms with van der Waals surface area (Å²) in [6.07, 6.45) is 0. The van der Waals surface area contributed by atoms with Crippen LogP contribution in [0, 0.1) is 41.4 Å². The second-order valence-electron chi connectivity index (χ2n) is 4.42. The van der Waals surface area contributed by atoms with Crippen molar-refractivity contribution >= 4 is 5.69 Å². The standard InChI is InChI=1S/C14H10F3NO3.C2H6/c1-7-5-9(3-4-10(7)15)21-14-11(16)6-12(18(19)20)8(2)13(14)17;1-2/h3-6H,1-2H3;1-2H3. The van der Waals surface area contributed by atoms with E-state index in [-0.39, 0.29) is 16.9 Å². The summed E-state index contributed by atoms with van der Waals surface area (Å²) >= 11 is 0. The number of rotatable bonds is 3. The van der Waals surface area contributed by atoms with Crippen LogP contribution in [-0.2, 0) is 0 Å². The molecule has 2 rings (SSSR count). The molecule has 0 fully saturated rings. The summed E-state index contributed by atoms with van der Waals surface area (Å²) in [7, 11) is 0. The molecule has 0 saturated heterocycles. The van der Waals surface area contributed by atoms with Crippen LogP contribution < -0.4 is 4.74 Å². The molecule has 0 spiro atoms. The lowest BCUT2D eigenvalue weighted by Gasteiger charge is -2.10. The molecule has 0 saturated carbocycles. The maximum absolute atomic E-state index is 14.0. The van der Waals surface area contributed by atoms with Crippen molar-refractivity contribution in [2.24, 2.45) is 0 Å². The van der Waals surface area contributed by atoms with Crippen LogP contribution in [0.15, 0.2) is 24.3 Å². The van der Waals surface area contributed by atoms with Gasteiger partial charge in [-0.05, 0) is 37.6 Å². The van der Waals surface area contributed by atoms with Crippen LogP contribution in [0.5, 0.6) is 11.5 Å². The maximum Gasteiger partial charge on any atom is 0.278 e. The van der Waals surface area contributed by atoms with Crippen LogP contribution in [-0.4, -0.2) is 4.92 Å². The van der Waals surface area contributed by atoms with Crippen molar-refractivity contribution in [3.05, 3.63) is 63.0 Å². The lowest BCUT2D eigenvalue weighted by Crippen LogP contribution is -2.00. The molecule has 2 aromatic rings. The number of aryl methyl sites for hydroxylation is 1. The topological polar surface area (TPSA) is 52.4 Å². The Labute approximate surface area is 131 Å². The van der Waals surface area contributed by atoms with E-state index in [0.29, 0.717) is 6.07 Å².